The fourth-order valence-electron chi connectivity index (χ4n) is 4.77. The normalized spacial score (nSPS) is 12.6. The minimum atomic E-state index is -1.01. The van der Waals surface area contributed by atoms with E-state index in [4.69, 9.17) is 28.9 Å². The lowest BCUT2D eigenvalue weighted by atomic mass is 10.0. The molecule has 0 aromatic heterocycles. The molecule has 0 aliphatic rings. The van der Waals surface area contributed by atoms with E-state index in [0.717, 1.165) is 29.5 Å². The second-order valence-corrected chi connectivity index (χ2v) is 11.1. The minimum absolute atomic E-state index is 0.0121. The molecule has 0 heterocycles. The van der Waals surface area contributed by atoms with Crippen LogP contribution in [0.4, 0.5) is 0 Å². The summed E-state index contributed by atoms with van der Waals surface area (Å²) in [5.41, 5.74) is 9.80. The number of benzene rings is 3. The smallest absolute Gasteiger partial charge is 0.254 e. The topological polar surface area (TPSA) is 86.9 Å². The van der Waals surface area contributed by atoms with Crippen molar-refractivity contribution in [2.24, 2.45) is 5.73 Å². The molecule has 2 atom stereocenters. The zero-order chi connectivity index (χ0) is 29.2. The number of carbonyl (C=O) groups excluding carboxylic acids is 2. The van der Waals surface area contributed by atoms with Gasteiger partial charge in [-0.3, -0.25) is 9.59 Å². The lowest BCUT2D eigenvalue weighted by Crippen LogP contribution is -2.46. The molecule has 8 heteroatoms. The van der Waals surface area contributed by atoms with E-state index in [1.165, 1.54) is 0 Å². The number of hydrogen-bond donors (Lipinski definition) is 2. The van der Waals surface area contributed by atoms with Crippen LogP contribution in [0.15, 0.2) is 66.7 Å². The SMILES string of the molecule is CCCN(CCC)C(=O)c1cc(C)cc(C(=O)N(Cc2ccccc2)C[C@@H](O)[C@@H](N)Cc2cc(Cl)cc(Cl)c2)c1. The van der Waals surface area contributed by atoms with E-state index in [9.17, 15) is 14.7 Å². The summed E-state index contributed by atoms with van der Waals surface area (Å²) in [6, 6.07) is 19.3. The molecule has 3 aromatic carbocycles. The molecule has 0 unspecified atom stereocenters. The van der Waals surface area contributed by atoms with Gasteiger partial charge in [-0.05, 0) is 79.3 Å². The lowest BCUT2D eigenvalue weighted by Gasteiger charge is -2.29. The molecular weight excluding hydrogens is 545 g/mol. The molecule has 0 bridgehead atoms. The van der Waals surface area contributed by atoms with Crippen molar-refractivity contribution in [2.45, 2.75) is 58.7 Å². The van der Waals surface area contributed by atoms with E-state index in [0.29, 0.717) is 40.7 Å². The third-order valence-electron chi connectivity index (χ3n) is 6.64. The molecule has 0 fully saturated rings. The Bertz CT molecular complexity index is 1260. The number of halogens is 2. The van der Waals surface area contributed by atoms with Crippen LogP contribution < -0.4 is 5.73 Å². The molecule has 3 aromatic rings. The summed E-state index contributed by atoms with van der Waals surface area (Å²) >= 11 is 12.3. The number of carbonyl (C=O) groups is 2. The molecule has 214 valence electrons. The van der Waals surface area contributed by atoms with Gasteiger partial charge < -0.3 is 20.6 Å². The minimum Gasteiger partial charge on any atom is -0.390 e. The van der Waals surface area contributed by atoms with Crippen molar-refractivity contribution in [3.63, 3.8) is 0 Å². The zero-order valence-electron chi connectivity index (χ0n) is 23.4. The van der Waals surface area contributed by atoms with Crippen LogP contribution in [0.3, 0.4) is 0 Å². The van der Waals surface area contributed by atoms with Gasteiger partial charge in [0.05, 0.1) is 6.10 Å². The van der Waals surface area contributed by atoms with E-state index >= 15 is 0 Å². The first kappa shape index (κ1) is 31.6. The maximum absolute atomic E-state index is 13.9. The van der Waals surface area contributed by atoms with Gasteiger partial charge in [-0.1, -0.05) is 67.4 Å². The highest BCUT2D eigenvalue weighted by atomic mass is 35.5. The number of amides is 2. The second-order valence-electron chi connectivity index (χ2n) is 10.3. The Morgan fingerprint density at radius 3 is 1.93 bits per heavy atom. The molecule has 0 radical (unpaired) electrons. The number of nitrogens with zero attached hydrogens (tertiary/aromatic N) is 2. The monoisotopic (exact) mass is 583 g/mol. The average Bonchev–Trinajstić information content (AvgIpc) is 2.91. The van der Waals surface area contributed by atoms with Crippen molar-refractivity contribution in [3.05, 3.63) is 105 Å². The molecule has 3 rings (SSSR count). The summed E-state index contributed by atoms with van der Waals surface area (Å²) in [4.78, 5) is 30.7. The van der Waals surface area contributed by atoms with Crippen LogP contribution in [0.25, 0.3) is 0 Å². The van der Waals surface area contributed by atoms with Crippen LogP contribution in [0.2, 0.25) is 10.0 Å². The molecule has 2 amide bonds. The summed E-state index contributed by atoms with van der Waals surface area (Å²) < 4.78 is 0. The first-order valence-electron chi connectivity index (χ1n) is 13.7. The lowest BCUT2D eigenvalue weighted by molar-refractivity contribution is 0.0554. The van der Waals surface area contributed by atoms with Crippen LogP contribution >= 0.6 is 23.2 Å². The Balaban J connectivity index is 1.87. The molecule has 6 nitrogen and oxygen atoms in total. The molecular formula is C32H39Cl2N3O3. The number of aliphatic hydroxyl groups excluding tert-OH is 1. The van der Waals surface area contributed by atoms with E-state index < -0.39 is 12.1 Å². The van der Waals surface area contributed by atoms with Crippen molar-refractivity contribution in [2.75, 3.05) is 19.6 Å². The average molecular weight is 585 g/mol. The van der Waals surface area contributed by atoms with Crippen LogP contribution in [0, 0.1) is 6.92 Å². The summed E-state index contributed by atoms with van der Waals surface area (Å²) in [6.07, 6.45) is 1.03. The summed E-state index contributed by atoms with van der Waals surface area (Å²) in [5.74, 6) is -0.366. The highest BCUT2D eigenvalue weighted by Crippen LogP contribution is 2.21. The van der Waals surface area contributed by atoms with Crippen molar-refractivity contribution >= 4 is 35.0 Å². The van der Waals surface area contributed by atoms with Gasteiger partial charge in [-0.15, -0.1) is 0 Å². The van der Waals surface area contributed by atoms with Gasteiger partial charge in [0.1, 0.15) is 0 Å². The van der Waals surface area contributed by atoms with E-state index in [-0.39, 0.29) is 24.9 Å². The van der Waals surface area contributed by atoms with Crippen LogP contribution in [0.5, 0.6) is 0 Å². The number of rotatable bonds is 13. The van der Waals surface area contributed by atoms with Gasteiger partial charge in [0.2, 0.25) is 0 Å². The molecule has 0 aliphatic heterocycles. The molecule has 0 saturated heterocycles. The van der Waals surface area contributed by atoms with Crippen molar-refractivity contribution in [1.29, 1.82) is 0 Å². The Hall–Kier alpha value is -2.90. The molecule has 0 spiro atoms. The molecule has 3 N–H and O–H groups in total. The Morgan fingerprint density at radius 2 is 1.38 bits per heavy atom. The third-order valence-corrected chi connectivity index (χ3v) is 7.08. The Labute approximate surface area is 247 Å². The standard InChI is InChI=1S/C32H39Cl2N3O3/c1-4-11-36(12-5-2)31(39)25-13-22(3)14-26(18-25)32(40)37(20-23-9-7-6-8-10-23)21-30(38)29(35)17-24-15-27(33)19-28(34)16-24/h6-10,13-16,18-19,29-30,38H,4-5,11-12,17,20-21,35H2,1-3H3/t29-,30+/m0/s1. The predicted octanol–water partition coefficient (Wildman–Crippen LogP) is 6.14. The summed E-state index contributed by atoms with van der Waals surface area (Å²) in [5, 5.41) is 12.1. The fourth-order valence-corrected chi connectivity index (χ4v) is 5.34. The van der Waals surface area contributed by atoms with Crippen molar-refractivity contribution in [3.8, 4) is 0 Å². The van der Waals surface area contributed by atoms with E-state index in [1.807, 2.05) is 62.1 Å². The second kappa shape index (κ2) is 15.2. The fraction of sp³-hybridized carbons (Fsp3) is 0.375. The summed E-state index contributed by atoms with van der Waals surface area (Å²) in [6.45, 7) is 7.57. The Morgan fingerprint density at radius 1 is 0.825 bits per heavy atom. The maximum Gasteiger partial charge on any atom is 0.254 e. The quantitative estimate of drug-likeness (QED) is 0.253. The summed E-state index contributed by atoms with van der Waals surface area (Å²) in [7, 11) is 0. The Kier molecular flexibility index (Phi) is 12.0. The first-order valence-corrected chi connectivity index (χ1v) is 14.5. The van der Waals surface area contributed by atoms with Crippen LogP contribution in [-0.2, 0) is 13.0 Å². The first-order chi connectivity index (χ1) is 19.1. The van der Waals surface area contributed by atoms with Gasteiger partial charge in [0.25, 0.3) is 11.8 Å². The third kappa shape index (κ3) is 9.07. The number of hydrogen-bond acceptors (Lipinski definition) is 4. The molecule has 0 aliphatic carbocycles. The van der Waals surface area contributed by atoms with Gasteiger partial charge in [0.15, 0.2) is 0 Å². The van der Waals surface area contributed by atoms with Gasteiger partial charge in [0, 0.05) is 53.4 Å². The van der Waals surface area contributed by atoms with Crippen LogP contribution in [-0.4, -0.2) is 58.5 Å². The number of nitrogens with two attached hydrogens (primary N) is 1. The zero-order valence-corrected chi connectivity index (χ0v) is 25.0. The van der Waals surface area contributed by atoms with E-state index in [1.54, 1.807) is 35.2 Å². The van der Waals surface area contributed by atoms with Gasteiger partial charge >= 0.3 is 0 Å². The van der Waals surface area contributed by atoms with Crippen LogP contribution in [0.1, 0.15) is 64.1 Å². The van der Waals surface area contributed by atoms with Gasteiger partial charge in [-0.25, -0.2) is 0 Å². The highest BCUT2D eigenvalue weighted by Gasteiger charge is 2.25. The number of aliphatic hydroxyl groups is 1. The van der Waals surface area contributed by atoms with Crippen molar-refractivity contribution < 1.29 is 14.7 Å². The molecule has 40 heavy (non-hydrogen) atoms. The van der Waals surface area contributed by atoms with Crippen molar-refractivity contribution in [1.82, 2.24) is 9.80 Å². The van der Waals surface area contributed by atoms with Gasteiger partial charge in [-0.2, -0.15) is 0 Å². The largest absolute Gasteiger partial charge is 0.390 e. The number of aryl methyl sites for hydroxylation is 1. The predicted molar refractivity (Wildman–Crippen MR) is 163 cm³/mol. The maximum atomic E-state index is 13.9. The highest BCUT2D eigenvalue weighted by molar-refractivity contribution is 6.34. The van der Waals surface area contributed by atoms with E-state index in [2.05, 4.69) is 0 Å². The molecule has 0 saturated carbocycles.